The molecule has 0 bridgehead atoms. The van der Waals surface area contributed by atoms with Gasteiger partial charge in [0.1, 0.15) is 11.6 Å². The Morgan fingerprint density at radius 2 is 2.00 bits per heavy atom. The first kappa shape index (κ1) is 20.7. The smallest absolute Gasteiger partial charge is 0.490 e. The molecule has 0 aliphatic heterocycles. The lowest BCUT2D eigenvalue weighted by atomic mass is 9.97. The molecule has 5 atom stereocenters. The van der Waals surface area contributed by atoms with E-state index in [1.165, 1.54) is 12.1 Å². The maximum Gasteiger partial charge on any atom is 0.504 e. The molecule has 32 heavy (non-hydrogen) atoms. The van der Waals surface area contributed by atoms with E-state index in [1.54, 1.807) is 25.3 Å². The number of nitrogens with zero attached hydrogens (tertiary/aromatic N) is 3. The molecule has 168 valence electrons. The van der Waals surface area contributed by atoms with Crippen LogP contribution in [0.2, 0.25) is 0 Å². The summed E-state index contributed by atoms with van der Waals surface area (Å²) in [5.41, 5.74) is 0.673. The fourth-order valence-corrected chi connectivity index (χ4v) is 5.01. The number of hydrogen-bond acceptors (Lipinski definition) is 4. The summed E-state index contributed by atoms with van der Waals surface area (Å²) in [6.45, 7) is 1.79. The van der Waals surface area contributed by atoms with Crippen LogP contribution in [0.1, 0.15) is 19.8 Å². The van der Waals surface area contributed by atoms with Crippen molar-refractivity contribution >= 4 is 22.5 Å². The van der Waals surface area contributed by atoms with E-state index in [0.717, 1.165) is 25.2 Å². The number of amides is 1. The Balaban J connectivity index is 1.18. The summed E-state index contributed by atoms with van der Waals surface area (Å²) in [4.78, 5) is 16.8. The van der Waals surface area contributed by atoms with Gasteiger partial charge in [-0.3, -0.25) is 9.78 Å². The lowest BCUT2D eigenvalue weighted by Crippen LogP contribution is -2.25. The molecule has 0 radical (unpaired) electrons. The van der Waals surface area contributed by atoms with Crippen molar-refractivity contribution in [3.63, 3.8) is 0 Å². The second-order valence-electron chi connectivity index (χ2n) is 8.51. The summed E-state index contributed by atoms with van der Waals surface area (Å²) in [6, 6.07) is 6.09. The zero-order valence-corrected chi connectivity index (χ0v) is 17.0. The van der Waals surface area contributed by atoms with E-state index in [0.29, 0.717) is 28.5 Å². The van der Waals surface area contributed by atoms with Gasteiger partial charge in [-0.15, -0.1) is 13.2 Å². The molecule has 0 saturated heterocycles. The second kappa shape index (κ2) is 7.46. The number of fused-ring (bicyclic) bond motifs is 2. The first-order valence-electron chi connectivity index (χ1n) is 10.3. The number of benzene rings is 1. The van der Waals surface area contributed by atoms with Gasteiger partial charge in [0.25, 0.3) is 0 Å². The van der Waals surface area contributed by atoms with E-state index in [2.05, 4.69) is 15.4 Å². The van der Waals surface area contributed by atoms with Crippen molar-refractivity contribution in [2.75, 3.05) is 5.32 Å². The van der Waals surface area contributed by atoms with Crippen molar-refractivity contribution < 1.29 is 27.1 Å². The summed E-state index contributed by atoms with van der Waals surface area (Å²) in [5.74, 6) is 0.386. The van der Waals surface area contributed by atoms with Crippen molar-refractivity contribution in [2.45, 2.75) is 32.2 Å². The summed E-state index contributed by atoms with van der Waals surface area (Å²) in [5, 5.41) is 6.37. The average molecular weight is 448 g/mol. The SMILES string of the molecule is CC(C(=O)Nc1cnn(C(F)(F)F)c1)[C@H]1[C@@H]2C[C@@H](Oc3ccnc4ccc(F)cc34)C[C@@H]21. The van der Waals surface area contributed by atoms with E-state index in [9.17, 15) is 22.4 Å². The Bertz CT molecular complexity index is 1170. The molecule has 6 nitrogen and oxygen atoms in total. The normalized spacial score (nSPS) is 25.4. The van der Waals surface area contributed by atoms with Crippen LogP contribution in [-0.2, 0) is 11.1 Å². The molecular formula is C22H20F4N4O2. The third-order valence-electron chi connectivity index (χ3n) is 6.53. The fourth-order valence-electron chi connectivity index (χ4n) is 5.01. The maximum absolute atomic E-state index is 13.6. The van der Waals surface area contributed by atoms with Gasteiger partial charge < -0.3 is 10.1 Å². The molecule has 1 aromatic carbocycles. The number of aromatic nitrogens is 3. The Morgan fingerprint density at radius 3 is 2.69 bits per heavy atom. The summed E-state index contributed by atoms with van der Waals surface area (Å²) in [6.07, 6.45) is 0.262. The van der Waals surface area contributed by atoms with Gasteiger partial charge in [-0.05, 0) is 54.9 Å². The number of carbonyl (C=O) groups excluding carboxylic acids is 1. The second-order valence-corrected chi connectivity index (χ2v) is 8.51. The molecule has 2 heterocycles. The Hall–Kier alpha value is -3.17. The van der Waals surface area contributed by atoms with Gasteiger partial charge in [0.2, 0.25) is 5.91 Å². The van der Waals surface area contributed by atoms with Gasteiger partial charge in [0, 0.05) is 17.5 Å². The molecule has 1 amide bonds. The van der Waals surface area contributed by atoms with Gasteiger partial charge in [0.05, 0.1) is 29.7 Å². The predicted octanol–water partition coefficient (Wildman–Crippen LogP) is 4.72. The van der Waals surface area contributed by atoms with Crippen LogP contribution in [0.15, 0.2) is 42.9 Å². The van der Waals surface area contributed by atoms with Crippen molar-refractivity contribution in [3.05, 3.63) is 48.7 Å². The van der Waals surface area contributed by atoms with E-state index >= 15 is 0 Å². The molecule has 10 heteroatoms. The number of hydrogen-bond donors (Lipinski definition) is 1. The molecule has 2 aromatic heterocycles. The molecule has 5 rings (SSSR count). The monoisotopic (exact) mass is 448 g/mol. The van der Waals surface area contributed by atoms with E-state index in [4.69, 9.17) is 4.74 Å². The highest BCUT2D eigenvalue weighted by Crippen LogP contribution is 2.61. The fraction of sp³-hybridized carbons (Fsp3) is 0.409. The minimum atomic E-state index is -4.62. The standard InChI is InChI=1S/C22H20F4N4O2/c1-11(21(31)29-13-9-28-30(10-13)22(24,25)26)20-15-7-14(8-16(15)20)32-19-4-5-27-18-3-2-12(23)6-17(18)19/h2-6,9-11,14-16,20H,7-8H2,1H3,(H,29,31)/t11?,14-,15-,16+,20+. The molecule has 2 aliphatic rings. The third-order valence-corrected chi connectivity index (χ3v) is 6.53. The van der Waals surface area contributed by atoms with Crippen LogP contribution in [0.4, 0.5) is 23.2 Å². The van der Waals surface area contributed by atoms with Gasteiger partial charge in [-0.1, -0.05) is 6.92 Å². The number of carbonyl (C=O) groups is 1. The van der Waals surface area contributed by atoms with Gasteiger partial charge >= 0.3 is 6.30 Å². The van der Waals surface area contributed by atoms with Crippen LogP contribution in [-0.4, -0.2) is 26.8 Å². The predicted molar refractivity (Wildman–Crippen MR) is 107 cm³/mol. The zero-order chi connectivity index (χ0) is 22.6. The summed E-state index contributed by atoms with van der Waals surface area (Å²) >= 11 is 0. The molecule has 2 fully saturated rings. The molecule has 2 saturated carbocycles. The Labute approximate surface area is 180 Å². The Kier molecular flexibility index (Phi) is 4.83. The summed E-state index contributed by atoms with van der Waals surface area (Å²) in [7, 11) is 0. The van der Waals surface area contributed by atoms with Crippen molar-refractivity contribution in [1.82, 2.24) is 14.8 Å². The van der Waals surface area contributed by atoms with Crippen LogP contribution >= 0.6 is 0 Å². The number of ether oxygens (including phenoxy) is 1. The number of nitrogens with one attached hydrogen (secondary N) is 1. The average Bonchev–Trinajstić information content (AvgIpc) is 3.08. The van der Waals surface area contributed by atoms with E-state index < -0.39 is 6.30 Å². The van der Waals surface area contributed by atoms with Gasteiger partial charge in [-0.2, -0.15) is 9.78 Å². The summed E-state index contributed by atoms with van der Waals surface area (Å²) < 4.78 is 57.6. The topological polar surface area (TPSA) is 69.0 Å². The first-order chi connectivity index (χ1) is 15.2. The highest BCUT2D eigenvalue weighted by atomic mass is 19.4. The van der Waals surface area contributed by atoms with E-state index in [1.807, 2.05) is 0 Å². The highest BCUT2D eigenvalue weighted by molar-refractivity contribution is 5.92. The van der Waals surface area contributed by atoms with Gasteiger partial charge in [0.15, 0.2) is 0 Å². The number of alkyl halides is 3. The number of anilines is 1. The van der Waals surface area contributed by atoms with Crippen LogP contribution in [0.25, 0.3) is 10.9 Å². The molecule has 1 N–H and O–H groups in total. The number of rotatable bonds is 5. The molecule has 3 aromatic rings. The molecule has 0 spiro atoms. The van der Waals surface area contributed by atoms with Crippen LogP contribution in [0.5, 0.6) is 5.75 Å². The lowest BCUT2D eigenvalue weighted by molar-refractivity contribution is -0.212. The van der Waals surface area contributed by atoms with Crippen LogP contribution in [0, 0.1) is 29.5 Å². The van der Waals surface area contributed by atoms with Crippen molar-refractivity contribution in [2.24, 2.45) is 23.7 Å². The minimum absolute atomic E-state index is 0.0167. The molecular weight excluding hydrogens is 428 g/mol. The maximum atomic E-state index is 13.6. The molecule has 2 aliphatic carbocycles. The van der Waals surface area contributed by atoms with Crippen LogP contribution in [0.3, 0.4) is 0 Å². The molecule has 1 unspecified atom stereocenters. The number of pyridine rings is 1. The Morgan fingerprint density at radius 1 is 1.25 bits per heavy atom. The lowest BCUT2D eigenvalue weighted by Gasteiger charge is -2.20. The quantitative estimate of drug-likeness (QED) is 0.574. The largest absolute Gasteiger partial charge is 0.504 e. The zero-order valence-electron chi connectivity index (χ0n) is 17.0. The van der Waals surface area contributed by atoms with E-state index in [-0.39, 0.29) is 40.0 Å². The van der Waals surface area contributed by atoms with Gasteiger partial charge in [-0.25, -0.2) is 4.39 Å². The van der Waals surface area contributed by atoms with Crippen molar-refractivity contribution in [3.8, 4) is 5.75 Å². The minimum Gasteiger partial charge on any atom is -0.490 e. The number of halogens is 4. The third kappa shape index (κ3) is 3.78. The highest BCUT2D eigenvalue weighted by Gasteiger charge is 2.59. The first-order valence-corrected chi connectivity index (χ1v) is 10.3. The van der Waals surface area contributed by atoms with Crippen LogP contribution < -0.4 is 10.1 Å². The van der Waals surface area contributed by atoms with Crippen molar-refractivity contribution in [1.29, 1.82) is 0 Å².